The third kappa shape index (κ3) is 4.28. The minimum atomic E-state index is 0.496. The van der Waals surface area contributed by atoms with Crippen molar-refractivity contribution in [2.75, 3.05) is 13.1 Å². The van der Waals surface area contributed by atoms with Crippen molar-refractivity contribution in [3.63, 3.8) is 0 Å². The smallest absolute Gasteiger partial charge is 0.00179 e. The lowest BCUT2D eigenvalue weighted by Crippen LogP contribution is -2.38. The second-order valence-corrected chi connectivity index (χ2v) is 7.35. The molecule has 0 aromatic rings. The van der Waals surface area contributed by atoms with E-state index in [1.54, 1.807) is 0 Å². The van der Waals surface area contributed by atoms with E-state index in [-0.39, 0.29) is 0 Å². The summed E-state index contributed by atoms with van der Waals surface area (Å²) in [5.41, 5.74) is 0.496. The van der Waals surface area contributed by atoms with E-state index in [0.29, 0.717) is 5.41 Å². The van der Waals surface area contributed by atoms with Crippen LogP contribution in [0.25, 0.3) is 0 Å². The molecule has 1 heteroatoms. The first-order chi connectivity index (χ1) is 7.86. The van der Waals surface area contributed by atoms with Gasteiger partial charge in [-0.3, -0.25) is 0 Å². The van der Waals surface area contributed by atoms with E-state index >= 15 is 0 Å². The highest BCUT2D eigenvalue weighted by molar-refractivity contribution is 4.87. The molecule has 102 valence electrons. The molecule has 0 bridgehead atoms. The highest BCUT2D eigenvalue weighted by atomic mass is 14.8. The van der Waals surface area contributed by atoms with Crippen molar-refractivity contribution in [2.45, 2.75) is 60.8 Å². The van der Waals surface area contributed by atoms with Crippen molar-refractivity contribution >= 4 is 0 Å². The summed E-state index contributed by atoms with van der Waals surface area (Å²) >= 11 is 0. The van der Waals surface area contributed by atoms with Gasteiger partial charge >= 0.3 is 0 Å². The Balaban J connectivity index is 2.61. The minimum absolute atomic E-state index is 0.496. The predicted octanol–water partition coefficient (Wildman–Crippen LogP) is 4.33. The molecule has 0 saturated heterocycles. The first kappa shape index (κ1) is 15.0. The summed E-state index contributed by atoms with van der Waals surface area (Å²) in [4.78, 5) is 0. The zero-order valence-corrected chi connectivity index (χ0v) is 12.8. The second kappa shape index (κ2) is 6.22. The summed E-state index contributed by atoms with van der Waals surface area (Å²) in [6.45, 7) is 16.6. The van der Waals surface area contributed by atoms with Gasteiger partial charge in [0, 0.05) is 0 Å². The van der Waals surface area contributed by atoms with Crippen molar-refractivity contribution < 1.29 is 0 Å². The second-order valence-electron chi connectivity index (χ2n) is 7.35. The van der Waals surface area contributed by atoms with Crippen LogP contribution in [0.1, 0.15) is 60.8 Å². The molecule has 3 atom stereocenters. The molecule has 0 amide bonds. The monoisotopic (exact) mass is 239 g/mol. The third-order valence-corrected chi connectivity index (χ3v) is 4.79. The molecule has 0 heterocycles. The molecule has 1 fully saturated rings. The Labute approximate surface area is 109 Å². The molecule has 0 aromatic carbocycles. The molecule has 1 rings (SSSR count). The zero-order valence-electron chi connectivity index (χ0n) is 12.8. The average molecular weight is 239 g/mol. The van der Waals surface area contributed by atoms with Crippen LogP contribution in [0.4, 0.5) is 0 Å². The SMILES string of the molecule is CCNCC1CCC(C(C)(C)C)CC1C(C)C. The standard InChI is InChI=1S/C16H33N/c1-7-17-11-13-8-9-14(16(4,5)6)10-15(13)12(2)3/h12-15,17H,7-11H2,1-6H3. The van der Waals surface area contributed by atoms with Gasteiger partial charge in [-0.15, -0.1) is 0 Å². The van der Waals surface area contributed by atoms with E-state index in [2.05, 4.69) is 46.9 Å². The lowest BCUT2D eigenvalue weighted by Gasteiger charge is -2.43. The molecule has 0 aliphatic heterocycles. The Morgan fingerprint density at radius 1 is 1.18 bits per heavy atom. The van der Waals surface area contributed by atoms with Gasteiger partial charge in [0.15, 0.2) is 0 Å². The Morgan fingerprint density at radius 3 is 2.29 bits per heavy atom. The first-order valence-corrected chi connectivity index (χ1v) is 7.57. The van der Waals surface area contributed by atoms with Crippen LogP contribution in [-0.2, 0) is 0 Å². The predicted molar refractivity (Wildman–Crippen MR) is 77.2 cm³/mol. The van der Waals surface area contributed by atoms with Crippen molar-refractivity contribution in [1.82, 2.24) is 5.32 Å². The molecule has 17 heavy (non-hydrogen) atoms. The van der Waals surface area contributed by atoms with Crippen LogP contribution in [0.2, 0.25) is 0 Å². The third-order valence-electron chi connectivity index (χ3n) is 4.79. The normalized spacial score (nSPS) is 30.9. The van der Waals surface area contributed by atoms with Gasteiger partial charge in [-0.1, -0.05) is 41.5 Å². The zero-order chi connectivity index (χ0) is 13.1. The van der Waals surface area contributed by atoms with Crippen molar-refractivity contribution in [3.8, 4) is 0 Å². The van der Waals surface area contributed by atoms with E-state index in [1.807, 2.05) is 0 Å². The van der Waals surface area contributed by atoms with Crippen LogP contribution in [-0.4, -0.2) is 13.1 Å². The van der Waals surface area contributed by atoms with Crippen LogP contribution in [0.5, 0.6) is 0 Å². The first-order valence-electron chi connectivity index (χ1n) is 7.57. The van der Waals surface area contributed by atoms with Gasteiger partial charge in [-0.2, -0.15) is 0 Å². The van der Waals surface area contributed by atoms with Gasteiger partial charge < -0.3 is 5.32 Å². The van der Waals surface area contributed by atoms with Gasteiger partial charge in [-0.05, 0) is 61.4 Å². The summed E-state index contributed by atoms with van der Waals surface area (Å²) in [5.74, 6) is 3.59. The van der Waals surface area contributed by atoms with Gasteiger partial charge in [-0.25, -0.2) is 0 Å². The van der Waals surface area contributed by atoms with Crippen LogP contribution < -0.4 is 5.32 Å². The molecule has 1 aliphatic carbocycles. The summed E-state index contributed by atoms with van der Waals surface area (Å²) in [6, 6.07) is 0. The molecular formula is C16H33N. The number of hydrogen-bond donors (Lipinski definition) is 1. The highest BCUT2D eigenvalue weighted by Crippen LogP contribution is 2.44. The fraction of sp³-hybridized carbons (Fsp3) is 1.00. The molecule has 1 nitrogen and oxygen atoms in total. The van der Waals surface area contributed by atoms with E-state index < -0.39 is 0 Å². The van der Waals surface area contributed by atoms with E-state index in [9.17, 15) is 0 Å². The molecule has 1 N–H and O–H groups in total. The molecule has 0 spiro atoms. The maximum Gasteiger partial charge on any atom is -0.00179 e. The minimum Gasteiger partial charge on any atom is -0.317 e. The number of nitrogens with one attached hydrogen (secondary N) is 1. The van der Waals surface area contributed by atoms with Crippen LogP contribution in [0.3, 0.4) is 0 Å². The molecule has 0 aromatic heterocycles. The van der Waals surface area contributed by atoms with Crippen molar-refractivity contribution in [2.24, 2.45) is 29.1 Å². The molecule has 1 saturated carbocycles. The van der Waals surface area contributed by atoms with E-state index in [1.165, 1.54) is 25.8 Å². The molecular weight excluding hydrogens is 206 g/mol. The highest BCUT2D eigenvalue weighted by Gasteiger charge is 2.36. The van der Waals surface area contributed by atoms with E-state index in [0.717, 1.165) is 30.2 Å². The van der Waals surface area contributed by atoms with E-state index in [4.69, 9.17) is 0 Å². The number of rotatable bonds is 4. The van der Waals surface area contributed by atoms with Gasteiger partial charge in [0.05, 0.1) is 0 Å². The molecule has 1 aliphatic rings. The van der Waals surface area contributed by atoms with Gasteiger partial charge in [0.2, 0.25) is 0 Å². The fourth-order valence-electron chi connectivity index (χ4n) is 3.45. The van der Waals surface area contributed by atoms with Crippen molar-refractivity contribution in [1.29, 1.82) is 0 Å². The fourth-order valence-corrected chi connectivity index (χ4v) is 3.45. The van der Waals surface area contributed by atoms with Crippen molar-refractivity contribution in [3.05, 3.63) is 0 Å². The molecule has 0 radical (unpaired) electrons. The van der Waals surface area contributed by atoms with Gasteiger partial charge in [0.25, 0.3) is 0 Å². The summed E-state index contributed by atoms with van der Waals surface area (Å²) in [7, 11) is 0. The lowest BCUT2D eigenvalue weighted by molar-refractivity contribution is 0.0730. The van der Waals surface area contributed by atoms with Crippen LogP contribution in [0, 0.1) is 29.1 Å². The van der Waals surface area contributed by atoms with Crippen LogP contribution in [0.15, 0.2) is 0 Å². The maximum atomic E-state index is 3.56. The largest absolute Gasteiger partial charge is 0.317 e. The summed E-state index contributed by atoms with van der Waals surface area (Å²) in [5, 5.41) is 3.56. The summed E-state index contributed by atoms with van der Waals surface area (Å²) in [6.07, 6.45) is 4.30. The summed E-state index contributed by atoms with van der Waals surface area (Å²) < 4.78 is 0. The Kier molecular flexibility index (Phi) is 5.50. The van der Waals surface area contributed by atoms with Crippen LogP contribution >= 0.6 is 0 Å². The Morgan fingerprint density at radius 2 is 1.82 bits per heavy atom. The van der Waals surface area contributed by atoms with Gasteiger partial charge in [0.1, 0.15) is 0 Å². The average Bonchev–Trinajstić information content (AvgIpc) is 2.24. The topological polar surface area (TPSA) is 12.0 Å². The molecule has 3 unspecified atom stereocenters. The number of hydrogen-bond acceptors (Lipinski definition) is 1. The quantitative estimate of drug-likeness (QED) is 0.770. The Bertz CT molecular complexity index is 214. The maximum absolute atomic E-state index is 3.56. The lowest BCUT2D eigenvalue weighted by atomic mass is 9.63. The Hall–Kier alpha value is -0.0400.